The van der Waals surface area contributed by atoms with Gasteiger partial charge in [-0.05, 0) is 58.4 Å². The molecule has 1 N–H and O–H groups in total. The van der Waals surface area contributed by atoms with Gasteiger partial charge in [0.25, 0.3) is 0 Å². The second kappa shape index (κ2) is 8.56. The van der Waals surface area contributed by atoms with Crippen LogP contribution in [0.3, 0.4) is 0 Å². The van der Waals surface area contributed by atoms with Crippen molar-refractivity contribution in [2.45, 2.75) is 71.1 Å². The monoisotopic (exact) mass is 440 g/mol. The molecule has 3 rings (SSSR count). The Balaban J connectivity index is 1.53. The van der Waals surface area contributed by atoms with Crippen LogP contribution in [0.4, 0.5) is 4.79 Å². The lowest BCUT2D eigenvalue weighted by atomic mass is 9.90. The van der Waals surface area contributed by atoms with Crippen LogP contribution in [-0.2, 0) is 25.9 Å². The highest BCUT2D eigenvalue weighted by Crippen LogP contribution is 2.30. The van der Waals surface area contributed by atoms with Gasteiger partial charge in [-0.15, -0.1) is 0 Å². The van der Waals surface area contributed by atoms with Crippen molar-refractivity contribution in [3.63, 3.8) is 0 Å². The number of aromatic nitrogens is 2. The van der Waals surface area contributed by atoms with E-state index in [0.29, 0.717) is 19.5 Å². The molecule has 0 spiro atoms. The molecule has 0 unspecified atom stereocenters. The highest BCUT2D eigenvalue weighted by Gasteiger charge is 2.30. The van der Waals surface area contributed by atoms with Crippen molar-refractivity contribution in [1.29, 1.82) is 0 Å². The summed E-state index contributed by atoms with van der Waals surface area (Å²) in [5, 5.41) is 7.17. The quantitative estimate of drug-likeness (QED) is 0.762. The molecular formula is C20H32N4O5S. The number of hydrogen-bond donors (Lipinski definition) is 1. The number of sulfone groups is 1. The largest absolute Gasteiger partial charge is 0.444 e. The van der Waals surface area contributed by atoms with Gasteiger partial charge in [0.1, 0.15) is 12.1 Å². The molecule has 0 radical (unpaired) electrons. The fourth-order valence-corrected chi connectivity index (χ4v) is 5.71. The Bertz CT molecular complexity index is 895. The Kier molecular flexibility index (Phi) is 6.45. The molecule has 2 amide bonds. The SMILES string of the molecule is Cc1c(C2CCN(C(=O)OC(C)(C)C)CC2)cnn1CC(=O)N[C@H]1CCS(=O)(=O)C1. The Labute approximate surface area is 178 Å². The normalized spacial score (nSPS) is 22.1. The summed E-state index contributed by atoms with van der Waals surface area (Å²) in [5.74, 6) is 0.193. The molecule has 9 nitrogen and oxygen atoms in total. The highest BCUT2D eigenvalue weighted by molar-refractivity contribution is 7.91. The average molecular weight is 441 g/mol. The number of likely N-dealkylation sites (tertiary alicyclic amines) is 1. The van der Waals surface area contributed by atoms with Gasteiger partial charge in [0.15, 0.2) is 9.84 Å². The predicted molar refractivity (Wildman–Crippen MR) is 112 cm³/mol. The topological polar surface area (TPSA) is 111 Å². The van der Waals surface area contributed by atoms with Crippen molar-refractivity contribution < 1.29 is 22.7 Å². The molecule has 10 heteroatoms. The van der Waals surface area contributed by atoms with Gasteiger partial charge in [-0.2, -0.15) is 5.10 Å². The molecule has 3 heterocycles. The van der Waals surface area contributed by atoms with Crippen LogP contribution in [0.1, 0.15) is 57.2 Å². The maximum atomic E-state index is 12.3. The number of carbonyl (C=O) groups excluding carboxylic acids is 2. The minimum atomic E-state index is -3.03. The smallest absolute Gasteiger partial charge is 0.410 e. The zero-order chi connectivity index (χ0) is 22.1. The second-order valence-electron chi connectivity index (χ2n) is 9.25. The van der Waals surface area contributed by atoms with Gasteiger partial charge in [-0.3, -0.25) is 9.48 Å². The summed E-state index contributed by atoms with van der Waals surface area (Å²) in [6, 6.07) is -0.310. The van der Waals surface area contributed by atoms with E-state index in [1.54, 1.807) is 15.8 Å². The number of hydrogen-bond acceptors (Lipinski definition) is 6. The Morgan fingerprint density at radius 2 is 1.90 bits per heavy atom. The molecule has 2 aliphatic rings. The lowest BCUT2D eigenvalue weighted by Gasteiger charge is -2.33. The molecule has 0 aromatic carbocycles. The van der Waals surface area contributed by atoms with Crippen molar-refractivity contribution in [2.75, 3.05) is 24.6 Å². The maximum absolute atomic E-state index is 12.3. The molecular weight excluding hydrogens is 408 g/mol. The van der Waals surface area contributed by atoms with Gasteiger partial charge >= 0.3 is 6.09 Å². The molecule has 2 aliphatic heterocycles. The van der Waals surface area contributed by atoms with E-state index >= 15 is 0 Å². The molecule has 1 aromatic rings. The number of piperidine rings is 1. The van der Waals surface area contributed by atoms with Gasteiger partial charge < -0.3 is 15.0 Å². The van der Waals surface area contributed by atoms with Crippen molar-refractivity contribution in [2.24, 2.45) is 0 Å². The summed E-state index contributed by atoms with van der Waals surface area (Å²) >= 11 is 0. The Hall–Kier alpha value is -2.10. The van der Waals surface area contributed by atoms with Gasteiger partial charge in [-0.25, -0.2) is 13.2 Å². The van der Waals surface area contributed by atoms with E-state index in [-0.39, 0.29) is 42.0 Å². The standard InChI is InChI=1S/C20H32N4O5S/c1-14-17(15-5-8-23(9-6-15)19(26)29-20(2,3)4)11-21-24(14)12-18(25)22-16-7-10-30(27,28)13-16/h11,15-16H,5-10,12-13H2,1-4H3,(H,22,25)/t16-/m0/s1. The molecule has 30 heavy (non-hydrogen) atoms. The molecule has 1 aromatic heterocycles. The van der Waals surface area contributed by atoms with Crippen molar-refractivity contribution in [1.82, 2.24) is 20.0 Å². The summed E-state index contributed by atoms with van der Waals surface area (Å²) in [4.78, 5) is 26.3. The molecule has 168 valence electrons. The minimum Gasteiger partial charge on any atom is -0.444 e. The number of ether oxygens (including phenoxy) is 1. The average Bonchev–Trinajstić information content (AvgIpc) is 3.15. The first-order valence-corrected chi connectivity index (χ1v) is 12.3. The summed E-state index contributed by atoms with van der Waals surface area (Å²) in [6.07, 6.45) is 3.62. The third-order valence-electron chi connectivity index (χ3n) is 5.62. The summed E-state index contributed by atoms with van der Waals surface area (Å²) in [7, 11) is -3.03. The van der Waals surface area contributed by atoms with E-state index < -0.39 is 15.4 Å². The number of amides is 2. The summed E-state index contributed by atoms with van der Waals surface area (Å²) < 4.78 is 30.2. The Morgan fingerprint density at radius 1 is 1.23 bits per heavy atom. The Morgan fingerprint density at radius 3 is 2.47 bits per heavy atom. The predicted octanol–water partition coefficient (Wildman–Crippen LogP) is 1.61. The van der Waals surface area contributed by atoms with Gasteiger partial charge in [0, 0.05) is 24.8 Å². The molecule has 2 saturated heterocycles. The van der Waals surface area contributed by atoms with Crippen molar-refractivity contribution in [3.05, 3.63) is 17.5 Å². The van der Waals surface area contributed by atoms with Crippen LogP contribution in [0.2, 0.25) is 0 Å². The zero-order valence-corrected chi connectivity index (χ0v) is 19.0. The minimum absolute atomic E-state index is 0.0122. The fourth-order valence-electron chi connectivity index (χ4n) is 4.04. The molecule has 0 saturated carbocycles. The maximum Gasteiger partial charge on any atom is 0.410 e. The lowest BCUT2D eigenvalue weighted by Crippen LogP contribution is -2.41. The molecule has 2 fully saturated rings. The van der Waals surface area contributed by atoms with E-state index in [2.05, 4.69) is 10.4 Å². The first-order valence-electron chi connectivity index (χ1n) is 10.4. The third kappa shape index (κ3) is 5.74. The number of carbonyl (C=O) groups is 2. The lowest BCUT2D eigenvalue weighted by molar-refractivity contribution is -0.122. The first-order chi connectivity index (χ1) is 13.9. The van der Waals surface area contributed by atoms with Crippen LogP contribution >= 0.6 is 0 Å². The van der Waals surface area contributed by atoms with E-state index in [4.69, 9.17) is 4.74 Å². The summed E-state index contributed by atoms with van der Waals surface area (Å²) in [6.45, 7) is 8.84. The van der Waals surface area contributed by atoms with Crippen LogP contribution in [-0.4, -0.2) is 71.3 Å². The van der Waals surface area contributed by atoms with Gasteiger partial charge in [-0.1, -0.05) is 0 Å². The van der Waals surface area contributed by atoms with Gasteiger partial charge in [0.05, 0.1) is 17.7 Å². The van der Waals surface area contributed by atoms with Crippen LogP contribution in [0, 0.1) is 6.92 Å². The van der Waals surface area contributed by atoms with Crippen molar-refractivity contribution >= 4 is 21.8 Å². The van der Waals surface area contributed by atoms with E-state index in [9.17, 15) is 18.0 Å². The van der Waals surface area contributed by atoms with Crippen LogP contribution in [0.5, 0.6) is 0 Å². The van der Waals surface area contributed by atoms with E-state index in [1.807, 2.05) is 27.7 Å². The second-order valence-corrected chi connectivity index (χ2v) is 11.5. The zero-order valence-electron chi connectivity index (χ0n) is 18.2. The number of rotatable bonds is 4. The first kappa shape index (κ1) is 22.6. The number of nitrogens with one attached hydrogen (secondary N) is 1. The van der Waals surface area contributed by atoms with E-state index in [1.165, 1.54) is 0 Å². The molecule has 0 bridgehead atoms. The van der Waals surface area contributed by atoms with Crippen LogP contribution in [0.25, 0.3) is 0 Å². The van der Waals surface area contributed by atoms with E-state index in [0.717, 1.165) is 24.1 Å². The summed E-state index contributed by atoms with van der Waals surface area (Å²) in [5.41, 5.74) is 1.52. The number of nitrogens with zero attached hydrogens (tertiary/aromatic N) is 3. The van der Waals surface area contributed by atoms with Gasteiger partial charge in [0.2, 0.25) is 5.91 Å². The van der Waals surface area contributed by atoms with Crippen LogP contribution < -0.4 is 5.32 Å². The highest BCUT2D eigenvalue weighted by atomic mass is 32.2. The molecule has 0 aliphatic carbocycles. The molecule has 1 atom stereocenters. The van der Waals surface area contributed by atoms with Crippen LogP contribution in [0.15, 0.2) is 6.20 Å². The third-order valence-corrected chi connectivity index (χ3v) is 7.39. The van der Waals surface area contributed by atoms with Crippen molar-refractivity contribution in [3.8, 4) is 0 Å². The fraction of sp³-hybridized carbons (Fsp3) is 0.750.